The molecule has 2 fully saturated rings. The molecule has 0 aromatic carbocycles. The van der Waals surface area contributed by atoms with Crippen LogP contribution in [0.15, 0.2) is 24.7 Å². The van der Waals surface area contributed by atoms with E-state index < -0.39 is 0 Å². The Labute approximate surface area is 151 Å². The molecule has 3 aromatic rings. The highest BCUT2D eigenvalue weighted by Gasteiger charge is 2.36. The Morgan fingerprint density at radius 1 is 1.31 bits per heavy atom. The molecule has 0 saturated carbocycles. The van der Waals surface area contributed by atoms with Crippen LogP contribution in [-0.2, 0) is 9.53 Å². The van der Waals surface area contributed by atoms with Gasteiger partial charge in [0, 0.05) is 31.8 Å². The largest absolute Gasteiger partial charge is 0.381 e. The first-order valence-corrected chi connectivity index (χ1v) is 9.38. The number of H-pyrrole nitrogens is 1. The lowest BCUT2D eigenvalue weighted by molar-refractivity contribution is -0.137. The Morgan fingerprint density at radius 2 is 2.19 bits per heavy atom. The van der Waals surface area contributed by atoms with Crippen LogP contribution in [0.25, 0.3) is 16.7 Å². The van der Waals surface area contributed by atoms with E-state index in [9.17, 15) is 4.79 Å². The first-order valence-electron chi connectivity index (χ1n) is 9.38. The molecule has 7 heteroatoms. The number of nitrogens with one attached hydrogen (secondary N) is 1. The van der Waals surface area contributed by atoms with Crippen LogP contribution in [0, 0.1) is 11.8 Å². The van der Waals surface area contributed by atoms with E-state index in [4.69, 9.17) is 9.72 Å². The lowest BCUT2D eigenvalue weighted by atomic mass is 9.85. The van der Waals surface area contributed by atoms with Crippen molar-refractivity contribution >= 4 is 22.6 Å². The molecule has 2 aliphatic rings. The van der Waals surface area contributed by atoms with E-state index in [0.717, 1.165) is 48.4 Å². The van der Waals surface area contributed by atoms with Gasteiger partial charge in [-0.3, -0.25) is 9.20 Å². The summed E-state index contributed by atoms with van der Waals surface area (Å²) < 4.78 is 7.60. The van der Waals surface area contributed by atoms with Crippen molar-refractivity contribution in [2.24, 2.45) is 11.8 Å². The number of piperidine rings is 1. The first-order chi connectivity index (χ1) is 12.7. The fourth-order valence-corrected chi connectivity index (χ4v) is 4.36. The number of hydrogen-bond donors (Lipinski definition) is 1. The number of likely N-dealkylation sites (tertiary alicyclic amines) is 1. The number of aromatic amines is 1. The van der Waals surface area contributed by atoms with Gasteiger partial charge >= 0.3 is 0 Å². The molecule has 3 atom stereocenters. The van der Waals surface area contributed by atoms with Crippen molar-refractivity contribution in [3.63, 3.8) is 0 Å². The predicted octanol–water partition coefficient (Wildman–Crippen LogP) is 2.20. The molecule has 136 valence electrons. The average Bonchev–Trinajstić information content (AvgIpc) is 3.40. The SMILES string of the molecule is C[C@@H]1CCN(C(=O)C2CCOC2)C[C@@H]1c1ncc2cnc3[nH]ccc3n12. The lowest BCUT2D eigenvalue weighted by Crippen LogP contribution is -2.45. The average molecular weight is 353 g/mol. The number of rotatable bonds is 2. The standard InChI is InChI=1S/C19H23N5O2/c1-12-3-6-23(19(25)13-4-7-26-11-13)10-15(12)18-22-9-14-8-21-17-16(24(14)18)2-5-20-17/h2,5,8-9,12-13,15,20H,3-4,6-7,10-11H2,1H3/t12-,13?,15+/m1/s1. The van der Waals surface area contributed by atoms with Crippen LogP contribution in [0.5, 0.6) is 0 Å². The maximum absolute atomic E-state index is 12.9. The van der Waals surface area contributed by atoms with E-state index in [-0.39, 0.29) is 17.7 Å². The van der Waals surface area contributed by atoms with E-state index in [1.807, 2.05) is 29.6 Å². The number of ether oxygens (including phenoxy) is 1. The molecule has 2 saturated heterocycles. The Morgan fingerprint density at radius 3 is 3.04 bits per heavy atom. The van der Waals surface area contributed by atoms with Crippen LogP contribution >= 0.6 is 0 Å². The third-order valence-electron chi connectivity index (χ3n) is 5.97. The molecular formula is C19H23N5O2. The van der Waals surface area contributed by atoms with Crippen molar-refractivity contribution in [3.8, 4) is 0 Å². The molecule has 1 unspecified atom stereocenters. The number of imidazole rings is 1. The predicted molar refractivity (Wildman–Crippen MR) is 96.9 cm³/mol. The van der Waals surface area contributed by atoms with Crippen molar-refractivity contribution in [1.29, 1.82) is 0 Å². The highest BCUT2D eigenvalue weighted by atomic mass is 16.5. The number of nitrogens with zero attached hydrogens (tertiary/aromatic N) is 4. The molecule has 0 aliphatic carbocycles. The fourth-order valence-electron chi connectivity index (χ4n) is 4.36. The molecule has 5 heterocycles. The van der Waals surface area contributed by atoms with Gasteiger partial charge in [0.25, 0.3) is 0 Å². The van der Waals surface area contributed by atoms with Crippen LogP contribution in [0.1, 0.15) is 31.5 Å². The third-order valence-corrected chi connectivity index (χ3v) is 5.97. The van der Waals surface area contributed by atoms with Crippen LogP contribution in [0.3, 0.4) is 0 Å². The second-order valence-electron chi connectivity index (χ2n) is 7.56. The van der Waals surface area contributed by atoms with Crippen LogP contribution in [0.2, 0.25) is 0 Å². The van der Waals surface area contributed by atoms with Gasteiger partial charge < -0.3 is 14.6 Å². The summed E-state index contributed by atoms with van der Waals surface area (Å²) in [6.45, 7) is 5.09. The number of aromatic nitrogens is 4. The van der Waals surface area contributed by atoms with Crippen molar-refractivity contribution in [3.05, 3.63) is 30.5 Å². The van der Waals surface area contributed by atoms with Crippen LogP contribution in [0.4, 0.5) is 0 Å². The number of carbonyl (C=O) groups excluding carboxylic acids is 1. The van der Waals surface area contributed by atoms with Gasteiger partial charge in [-0.1, -0.05) is 6.92 Å². The fraction of sp³-hybridized carbons (Fsp3) is 0.526. The monoisotopic (exact) mass is 353 g/mol. The van der Waals surface area contributed by atoms with E-state index in [1.165, 1.54) is 0 Å². The number of carbonyl (C=O) groups is 1. The van der Waals surface area contributed by atoms with Gasteiger partial charge in [-0.2, -0.15) is 0 Å². The van der Waals surface area contributed by atoms with Gasteiger partial charge in [0.2, 0.25) is 5.91 Å². The van der Waals surface area contributed by atoms with Crippen molar-refractivity contribution in [2.45, 2.75) is 25.7 Å². The number of hydrogen-bond acceptors (Lipinski definition) is 4. The zero-order chi connectivity index (χ0) is 17.7. The molecule has 0 bridgehead atoms. The normalized spacial score (nSPS) is 26.8. The van der Waals surface area contributed by atoms with Crippen molar-refractivity contribution in [1.82, 2.24) is 24.3 Å². The Hall–Kier alpha value is -2.41. The number of fused-ring (bicyclic) bond motifs is 3. The summed E-state index contributed by atoms with van der Waals surface area (Å²) in [5.74, 6) is 2.00. The smallest absolute Gasteiger partial charge is 0.228 e. The van der Waals surface area contributed by atoms with Gasteiger partial charge in [0.05, 0.1) is 36.0 Å². The molecule has 26 heavy (non-hydrogen) atoms. The van der Waals surface area contributed by atoms with E-state index in [1.54, 1.807) is 0 Å². The topological polar surface area (TPSA) is 75.5 Å². The Kier molecular flexibility index (Phi) is 3.70. The molecule has 1 amide bonds. The van der Waals surface area contributed by atoms with Gasteiger partial charge in [-0.15, -0.1) is 0 Å². The summed E-state index contributed by atoms with van der Waals surface area (Å²) in [4.78, 5) is 27.2. The van der Waals surface area contributed by atoms with Gasteiger partial charge in [0.15, 0.2) is 5.65 Å². The lowest BCUT2D eigenvalue weighted by Gasteiger charge is -2.37. The van der Waals surface area contributed by atoms with E-state index in [2.05, 4.69) is 21.3 Å². The maximum Gasteiger partial charge on any atom is 0.228 e. The summed E-state index contributed by atoms with van der Waals surface area (Å²) in [7, 11) is 0. The molecule has 2 aliphatic heterocycles. The molecule has 1 N–H and O–H groups in total. The van der Waals surface area contributed by atoms with Crippen LogP contribution in [-0.4, -0.2) is 56.5 Å². The quantitative estimate of drug-likeness (QED) is 0.766. The summed E-state index contributed by atoms with van der Waals surface area (Å²) in [6, 6.07) is 2.03. The minimum Gasteiger partial charge on any atom is -0.381 e. The molecule has 5 rings (SSSR count). The van der Waals surface area contributed by atoms with Crippen molar-refractivity contribution in [2.75, 3.05) is 26.3 Å². The highest BCUT2D eigenvalue weighted by Crippen LogP contribution is 2.34. The zero-order valence-corrected chi connectivity index (χ0v) is 14.9. The molecular weight excluding hydrogens is 330 g/mol. The van der Waals surface area contributed by atoms with Crippen molar-refractivity contribution < 1.29 is 9.53 Å². The van der Waals surface area contributed by atoms with E-state index in [0.29, 0.717) is 19.1 Å². The Bertz CT molecular complexity index is 955. The van der Waals surface area contributed by atoms with Gasteiger partial charge in [-0.05, 0) is 24.8 Å². The van der Waals surface area contributed by atoms with Gasteiger partial charge in [0.1, 0.15) is 5.82 Å². The maximum atomic E-state index is 12.9. The first kappa shape index (κ1) is 15.8. The Balaban J connectivity index is 1.51. The minimum atomic E-state index is 0.0293. The van der Waals surface area contributed by atoms with Gasteiger partial charge in [-0.25, -0.2) is 9.97 Å². The minimum absolute atomic E-state index is 0.0293. The molecule has 0 spiro atoms. The third kappa shape index (κ3) is 2.41. The second-order valence-corrected chi connectivity index (χ2v) is 7.56. The zero-order valence-electron chi connectivity index (χ0n) is 14.9. The summed E-state index contributed by atoms with van der Waals surface area (Å²) >= 11 is 0. The summed E-state index contributed by atoms with van der Waals surface area (Å²) in [6.07, 6.45) is 7.48. The summed E-state index contributed by atoms with van der Waals surface area (Å²) in [5, 5.41) is 0. The van der Waals surface area contributed by atoms with E-state index >= 15 is 0 Å². The molecule has 7 nitrogen and oxygen atoms in total. The number of amides is 1. The van der Waals surface area contributed by atoms with Crippen LogP contribution < -0.4 is 0 Å². The molecule has 3 aromatic heterocycles. The summed E-state index contributed by atoms with van der Waals surface area (Å²) in [5.41, 5.74) is 2.89. The molecule has 0 radical (unpaired) electrons. The highest BCUT2D eigenvalue weighted by molar-refractivity contribution is 5.79. The second kappa shape index (κ2) is 6.09.